The minimum atomic E-state index is -0.912. The van der Waals surface area contributed by atoms with Crippen LogP contribution in [0.4, 0.5) is 9.80 Å². The van der Waals surface area contributed by atoms with Crippen molar-refractivity contribution in [1.82, 2.24) is 0 Å². The number of carboxylic acid groups (broad SMARTS) is 1. The molecule has 0 fully saturated rings. The summed E-state index contributed by atoms with van der Waals surface area (Å²) in [6.07, 6.45) is 2.75. The molecule has 0 aliphatic rings. The molecular weight excluding hydrogens is 198 g/mol. The number of rotatable bonds is 3. The Morgan fingerprint density at radius 2 is 2.43 bits per heavy atom. The second-order valence-corrected chi connectivity index (χ2v) is 3.81. The number of hydrogen-bond acceptors (Lipinski definition) is 2. The monoisotopic (exact) mass is 211 g/mol. The first-order valence-corrected chi connectivity index (χ1v) is 5.20. The van der Waals surface area contributed by atoms with E-state index in [1.807, 2.05) is 37.4 Å². The molecule has 1 amide bonds. The summed E-state index contributed by atoms with van der Waals surface area (Å²) in [5.41, 5.74) is 1.09. The first-order valence-electron chi connectivity index (χ1n) is 4.32. The van der Waals surface area contributed by atoms with Crippen LogP contribution in [0.2, 0.25) is 0 Å². The third-order valence-electron chi connectivity index (χ3n) is 1.74. The maximum absolute atomic E-state index is 10.9. The van der Waals surface area contributed by atoms with Gasteiger partial charge < -0.3 is 5.11 Å². The number of nitrogens with zero attached hydrogens (tertiary/aromatic N) is 1. The maximum Gasteiger partial charge on any atom is 0.412 e. The average Bonchev–Trinajstić information content (AvgIpc) is 2.52. The second-order valence-electron chi connectivity index (χ2n) is 2.92. The van der Waals surface area contributed by atoms with Crippen molar-refractivity contribution in [2.24, 2.45) is 0 Å². The third kappa shape index (κ3) is 2.60. The summed E-state index contributed by atoms with van der Waals surface area (Å²) in [6, 6.07) is 1.88. The summed E-state index contributed by atoms with van der Waals surface area (Å²) in [4.78, 5) is 12.2. The fraction of sp³-hybridized carbons (Fsp3) is 0.300. The number of allylic oxidation sites excluding steroid dienone is 1. The largest absolute Gasteiger partial charge is 0.465 e. The number of hydrogen-bond donors (Lipinski definition) is 1. The first-order chi connectivity index (χ1) is 6.65. The molecule has 0 atom stereocenters. The lowest BCUT2D eigenvalue weighted by molar-refractivity contribution is 0.202. The van der Waals surface area contributed by atoms with E-state index in [2.05, 4.69) is 0 Å². The number of carbonyl (C=O) groups is 1. The quantitative estimate of drug-likeness (QED) is 0.780. The van der Waals surface area contributed by atoms with Crippen LogP contribution in [0, 0.1) is 6.92 Å². The average molecular weight is 211 g/mol. The highest BCUT2D eigenvalue weighted by atomic mass is 32.1. The minimum absolute atomic E-state index is 0.409. The molecule has 0 aliphatic heterocycles. The molecule has 1 rings (SSSR count). The lowest BCUT2D eigenvalue weighted by Gasteiger charge is -2.14. The number of anilines is 1. The van der Waals surface area contributed by atoms with Crippen molar-refractivity contribution in [3.8, 4) is 0 Å². The van der Waals surface area contributed by atoms with Gasteiger partial charge in [-0.15, -0.1) is 11.3 Å². The van der Waals surface area contributed by atoms with Crippen LogP contribution in [0.1, 0.15) is 12.5 Å². The van der Waals surface area contributed by atoms with Crippen molar-refractivity contribution in [3.63, 3.8) is 0 Å². The van der Waals surface area contributed by atoms with Crippen LogP contribution in [0.15, 0.2) is 23.6 Å². The Labute approximate surface area is 87.3 Å². The highest BCUT2D eigenvalue weighted by Crippen LogP contribution is 2.24. The number of thiophene rings is 1. The van der Waals surface area contributed by atoms with Gasteiger partial charge in [-0.05, 0) is 30.9 Å². The third-order valence-corrected chi connectivity index (χ3v) is 2.81. The smallest absolute Gasteiger partial charge is 0.412 e. The standard InChI is InChI=1S/C10H13NO2S/c1-3-4-5-11(10(12)13)9-6-8(2)7-14-9/h3-4,6-7H,5H2,1-2H3,(H,12,13). The van der Waals surface area contributed by atoms with Crippen LogP contribution in [0.25, 0.3) is 0 Å². The van der Waals surface area contributed by atoms with Crippen LogP contribution < -0.4 is 4.90 Å². The van der Waals surface area contributed by atoms with Crippen LogP contribution in [0.3, 0.4) is 0 Å². The summed E-state index contributed by atoms with van der Waals surface area (Å²) in [6.45, 7) is 4.24. The van der Waals surface area contributed by atoms with E-state index in [1.165, 1.54) is 16.2 Å². The Hall–Kier alpha value is -1.29. The Kier molecular flexibility index (Phi) is 3.71. The van der Waals surface area contributed by atoms with E-state index >= 15 is 0 Å². The van der Waals surface area contributed by atoms with Crippen molar-refractivity contribution < 1.29 is 9.90 Å². The molecule has 4 heteroatoms. The summed E-state index contributed by atoms with van der Waals surface area (Å²) >= 11 is 1.45. The van der Waals surface area contributed by atoms with Gasteiger partial charge in [0, 0.05) is 6.54 Å². The predicted octanol–water partition coefficient (Wildman–Crippen LogP) is 3.12. The number of aryl methyl sites for hydroxylation is 1. The Morgan fingerprint density at radius 1 is 1.71 bits per heavy atom. The molecule has 0 radical (unpaired) electrons. The molecule has 0 saturated carbocycles. The summed E-state index contributed by atoms with van der Waals surface area (Å²) in [7, 11) is 0. The lowest BCUT2D eigenvalue weighted by Crippen LogP contribution is -2.28. The zero-order valence-electron chi connectivity index (χ0n) is 8.23. The molecule has 1 heterocycles. The molecule has 0 unspecified atom stereocenters. The summed E-state index contributed by atoms with van der Waals surface area (Å²) in [5.74, 6) is 0. The molecule has 1 aromatic heterocycles. The van der Waals surface area contributed by atoms with E-state index in [4.69, 9.17) is 5.11 Å². The van der Waals surface area contributed by atoms with Gasteiger partial charge in [-0.25, -0.2) is 4.79 Å². The maximum atomic E-state index is 10.9. The highest BCUT2D eigenvalue weighted by Gasteiger charge is 2.13. The number of amides is 1. The molecule has 1 N–H and O–H groups in total. The predicted molar refractivity (Wildman–Crippen MR) is 59.2 cm³/mol. The molecule has 0 saturated heterocycles. The summed E-state index contributed by atoms with van der Waals surface area (Å²) in [5, 5.41) is 11.7. The van der Waals surface area contributed by atoms with E-state index in [0.29, 0.717) is 6.54 Å². The van der Waals surface area contributed by atoms with E-state index in [9.17, 15) is 4.79 Å². The van der Waals surface area contributed by atoms with Gasteiger partial charge in [0.2, 0.25) is 0 Å². The van der Waals surface area contributed by atoms with Crippen molar-refractivity contribution in [2.75, 3.05) is 11.4 Å². The van der Waals surface area contributed by atoms with E-state index in [-0.39, 0.29) is 0 Å². The van der Waals surface area contributed by atoms with Crippen LogP contribution in [-0.2, 0) is 0 Å². The Morgan fingerprint density at radius 3 is 2.86 bits per heavy atom. The Balaban J connectivity index is 2.82. The van der Waals surface area contributed by atoms with E-state index < -0.39 is 6.09 Å². The van der Waals surface area contributed by atoms with Crippen molar-refractivity contribution in [3.05, 3.63) is 29.2 Å². The van der Waals surface area contributed by atoms with Crippen molar-refractivity contribution in [2.45, 2.75) is 13.8 Å². The van der Waals surface area contributed by atoms with Gasteiger partial charge in [-0.1, -0.05) is 12.2 Å². The SMILES string of the molecule is CC=CCN(C(=O)O)c1cc(C)cs1. The van der Waals surface area contributed by atoms with Crippen LogP contribution >= 0.6 is 11.3 Å². The van der Waals surface area contributed by atoms with Gasteiger partial charge in [-0.2, -0.15) is 0 Å². The highest BCUT2D eigenvalue weighted by molar-refractivity contribution is 7.14. The molecule has 76 valence electrons. The van der Waals surface area contributed by atoms with Crippen LogP contribution in [-0.4, -0.2) is 17.7 Å². The first kappa shape index (κ1) is 10.8. The molecule has 0 spiro atoms. The topological polar surface area (TPSA) is 40.5 Å². The van der Waals surface area contributed by atoms with Crippen LogP contribution in [0.5, 0.6) is 0 Å². The lowest BCUT2D eigenvalue weighted by atomic mass is 10.4. The fourth-order valence-corrected chi connectivity index (χ4v) is 1.94. The second kappa shape index (κ2) is 4.81. The molecule has 0 aromatic carbocycles. The molecule has 1 aromatic rings. The van der Waals surface area contributed by atoms with E-state index in [1.54, 1.807) is 0 Å². The van der Waals surface area contributed by atoms with Gasteiger partial charge in [-0.3, -0.25) is 4.90 Å². The molecular formula is C10H13NO2S. The van der Waals surface area contributed by atoms with Crippen molar-refractivity contribution in [1.29, 1.82) is 0 Å². The zero-order valence-corrected chi connectivity index (χ0v) is 9.04. The molecule has 14 heavy (non-hydrogen) atoms. The van der Waals surface area contributed by atoms with Gasteiger partial charge in [0.05, 0.1) is 0 Å². The fourth-order valence-electron chi connectivity index (χ4n) is 1.03. The van der Waals surface area contributed by atoms with E-state index in [0.717, 1.165) is 10.6 Å². The van der Waals surface area contributed by atoms with Gasteiger partial charge in [0.1, 0.15) is 5.00 Å². The van der Waals surface area contributed by atoms with Gasteiger partial charge in [0.25, 0.3) is 0 Å². The molecule has 3 nitrogen and oxygen atoms in total. The minimum Gasteiger partial charge on any atom is -0.465 e. The zero-order chi connectivity index (χ0) is 10.6. The Bertz CT molecular complexity index is 344. The normalized spacial score (nSPS) is 10.7. The van der Waals surface area contributed by atoms with Gasteiger partial charge >= 0.3 is 6.09 Å². The summed E-state index contributed by atoms with van der Waals surface area (Å²) < 4.78 is 0. The van der Waals surface area contributed by atoms with Crippen molar-refractivity contribution >= 4 is 22.4 Å². The molecule has 0 bridgehead atoms. The molecule has 0 aliphatic carbocycles. The van der Waals surface area contributed by atoms with Gasteiger partial charge in [0.15, 0.2) is 0 Å².